The number of aliphatic carboxylic acids is 1. The zero-order valence-electron chi connectivity index (χ0n) is 13.5. The van der Waals surface area contributed by atoms with Gasteiger partial charge in [0.1, 0.15) is 0 Å². The normalized spacial score (nSPS) is 16.2. The van der Waals surface area contributed by atoms with Crippen LogP contribution in [0.25, 0.3) is 10.9 Å². The molecule has 5 nitrogen and oxygen atoms in total. The van der Waals surface area contributed by atoms with Gasteiger partial charge < -0.3 is 14.6 Å². The molecule has 0 bridgehead atoms. The number of carboxylic acids is 1. The molecule has 1 fully saturated rings. The summed E-state index contributed by atoms with van der Waals surface area (Å²) in [7, 11) is 0. The van der Waals surface area contributed by atoms with Crippen LogP contribution in [-0.2, 0) is 4.79 Å². The zero-order chi connectivity index (χ0) is 16.6. The summed E-state index contributed by atoms with van der Waals surface area (Å²) in [5, 5.41) is 10.1. The average Bonchev–Trinajstić information content (AvgIpc) is 2.54. The van der Waals surface area contributed by atoms with Gasteiger partial charge in [-0.25, -0.2) is 0 Å². The third-order valence-corrected chi connectivity index (χ3v) is 4.64. The summed E-state index contributed by atoms with van der Waals surface area (Å²) in [4.78, 5) is 25.3. The second kappa shape index (κ2) is 6.07. The smallest absolute Gasteiger partial charge is 0.306 e. The van der Waals surface area contributed by atoms with Crippen molar-refractivity contribution in [2.45, 2.75) is 32.7 Å². The first kappa shape index (κ1) is 15.6. The summed E-state index contributed by atoms with van der Waals surface area (Å²) in [5.74, 6) is -0.915. The molecule has 5 heteroatoms. The summed E-state index contributed by atoms with van der Waals surface area (Å²) in [6.45, 7) is 5.52. The van der Waals surface area contributed by atoms with Gasteiger partial charge in [0.2, 0.25) is 0 Å². The number of benzene rings is 1. The van der Waals surface area contributed by atoms with Crippen LogP contribution in [-0.4, -0.2) is 28.7 Å². The number of pyridine rings is 1. The van der Waals surface area contributed by atoms with Gasteiger partial charge >= 0.3 is 5.97 Å². The Kier molecular flexibility index (Phi) is 4.11. The third-order valence-electron chi connectivity index (χ3n) is 4.64. The minimum absolute atomic E-state index is 0.0162. The molecule has 2 heterocycles. The van der Waals surface area contributed by atoms with Gasteiger partial charge in [0, 0.05) is 36.3 Å². The van der Waals surface area contributed by atoms with E-state index >= 15 is 0 Å². The maximum atomic E-state index is 12.1. The summed E-state index contributed by atoms with van der Waals surface area (Å²) in [6, 6.07) is 9.71. The fourth-order valence-corrected chi connectivity index (χ4v) is 3.37. The standard InChI is InChI=1S/C18H22N2O3/c1-12(2)20-16-5-4-15(11-14(16)3-6-17(20)21)19-9-7-13(8-10-19)18(22)23/h3-6,11-13H,7-10H2,1-2H3,(H,22,23). The Labute approximate surface area is 135 Å². The predicted molar refractivity (Wildman–Crippen MR) is 91.2 cm³/mol. The van der Waals surface area contributed by atoms with Crippen molar-refractivity contribution in [3.8, 4) is 0 Å². The van der Waals surface area contributed by atoms with E-state index in [2.05, 4.69) is 11.0 Å². The van der Waals surface area contributed by atoms with Gasteiger partial charge in [0.05, 0.1) is 11.4 Å². The maximum absolute atomic E-state index is 12.1. The second-order valence-corrected chi connectivity index (χ2v) is 6.48. The van der Waals surface area contributed by atoms with Crippen LogP contribution in [0.2, 0.25) is 0 Å². The molecule has 1 N–H and O–H groups in total. The highest BCUT2D eigenvalue weighted by atomic mass is 16.4. The van der Waals surface area contributed by atoms with Crippen LogP contribution in [0.5, 0.6) is 0 Å². The van der Waals surface area contributed by atoms with Crippen LogP contribution in [0.1, 0.15) is 32.7 Å². The lowest BCUT2D eigenvalue weighted by Gasteiger charge is -2.32. The molecule has 0 radical (unpaired) electrons. The molecule has 122 valence electrons. The lowest BCUT2D eigenvalue weighted by atomic mass is 9.96. The molecule has 1 aliphatic rings. The Bertz CT molecular complexity index is 786. The summed E-state index contributed by atoms with van der Waals surface area (Å²) < 4.78 is 1.80. The monoisotopic (exact) mass is 314 g/mol. The van der Waals surface area contributed by atoms with Gasteiger partial charge in [0.25, 0.3) is 5.56 Å². The zero-order valence-corrected chi connectivity index (χ0v) is 13.5. The molecule has 0 spiro atoms. The van der Waals surface area contributed by atoms with Gasteiger partial charge in [-0.2, -0.15) is 0 Å². The van der Waals surface area contributed by atoms with E-state index in [0.717, 1.165) is 29.7 Å². The van der Waals surface area contributed by atoms with Crippen LogP contribution in [0.3, 0.4) is 0 Å². The van der Waals surface area contributed by atoms with Crippen LogP contribution in [0, 0.1) is 5.92 Å². The molecule has 0 atom stereocenters. The summed E-state index contributed by atoms with van der Waals surface area (Å²) >= 11 is 0. The quantitative estimate of drug-likeness (QED) is 0.946. The van der Waals surface area contributed by atoms with E-state index in [0.29, 0.717) is 12.8 Å². The Morgan fingerprint density at radius 3 is 2.48 bits per heavy atom. The largest absolute Gasteiger partial charge is 0.481 e. The van der Waals surface area contributed by atoms with Crippen molar-refractivity contribution in [1.82, 2.24) is 4.57 Å². The van der Waals surface area contributed by atoms with E-state index < -0.39 is 5.97 Å². The highest BCUT2D eigenvalue weighted by molar-refractivity contribution is 5.83. The highest BCUT2D eigenvalue weighted by Gasteiger charge is 2.24. The van der Waals surface area contributed by atoms with Crippen molar-refractivity contribution in [2.75, 3.05) is 18.0 Å². The number of fused-ring (bicyclic) bond motifs is 1. The lowest BCUT2D eigenvalue weighted by Crippen LogP contribution is -2.36. The first-order valence-corrected chi connectivity index (χ1v) is 8.10. The van der Waals surface area contributed by atoms with E-state index in [4.69, 9.17) is 5.11 Å². The number of piperidine rings is 1. The number of anilines is 1. The Morgan fingerprint density at radius 1 is 1.17 bits per heavy atom. The highest BCUT2D eigenvalue weighted by Crippen LogP contribution is 2.27. The molecule has 0 aliphatic carbocycles. The molecule has 23 heavy (non-hydrogen) atoms. The number of aromatic nitrogens is 1. The molecule has 1 aliphatic heterocycles. The van der Waals surface area contributed by atoms with Crippen molar-refractivity contribution in [3.05, 3.63) is 40.7 Å². The van der Waals surface area contributed by atoms with E-state index in [1.807, 2.05) is 32.0 Å². The maximum Gasteiger partial charge on any atom is 0.306 e. The Morgan fingerprint density at radius 2 is 1.87 bits per heavy atom. The molecule has 3 rings (SSSR count). The van der Waals surface area contributed by atoms with E-state index in [9.17, 15) is 9.59 Å². The van der Waals surface area contributed by atoms with Crippen LogP contribution in [0.15, 0.2) is 35.1 Å². The molecule has 1 saturated heterocycles. The minimum Gasteiger partial charge on any atom is -0.481 e. The Hall–Kier alpha value is -2.30. The molecule has 1 aromatic carbocycles. The first-order valence-electron chi connectivity index (χ1n) is 8.10. The number of carboxylic acid groups (broad SMARTS) is 1. The van der Waals surface area contributed by atoms with Crippen LogP contribution >= 0.6 is 0 Å². The van der Waals surface area contributed by atoms with Crippen molar-refractivity contribution in [3.63, 3.8) is 0 Å². The summed E-state index contributed by atoms with van der Waals surface area (Å²) in [5.41, 5.74) is 2.05. The molecule has 0 unspecified atom stereocenters. The molecule has 1 aromatic heterocycles. The molecule has 2 aromatic rings. The average molecular weight is 314 g/mol. The van der Waals surface area contributed by atoms with E-state index in [-0.39, 0.29) is 17.5 Å². The van der Waals surface area contributed by atoms with Gasteiger partial charge in [-0.1, -0.05) is 0 Å². The van der Waals surface area contributed by atoms with Crippen molar-refractivity contribution >= 4 is 22.6 Å². The second-order valence-electron chi connectivity index (χ2n) is 6.48. The van der Waals surface area contributed by atoms with E-state index in [1.54, 1.807) is 10.6 Å². The molecule has 0 amide bonds. The molecular formula is C18H22N2O3. The number of hydrogen-bond acceptors (Lipinski definition) is 3. The minimum atomic E-state index is -0.691. The Balaban J connectivity index is 1.91. The van der Waals surface area contributed by atoms with Crippen molar-refractivity contribution in [2.24, 2.45) is 5.92 Å². The van der Waals surface area contributed by atoms with Gasteiger partial charge in [-0.15, -0.1) is 0 Å². The summed E-state index contributed by atoms with van der Waals surface area (Å²) in [6.07, 6.45) is 1.36. The number of nitrogens with zero attached hydrogens (tertiary/aromatic N) is 2. The molecular weight excluding hydrogens is 292 g/mol. The van der Waals surface area contributed by atoms with Crippen molar-refractivity contribution < 1.29 is 9.90 Å². The van der Waals surface area contributed by atoms with Crippen molar-refractivity contribution in [1.29, 1.82) is 0 Å². The van der Waals surface area contributed by atoms with E-state index in [1.165, 1.54) is 0 Å². The van der Waals surface area contributed by atoms with Crippen LogP contribution in [0.4, 0.5) is 5.69 Å². The molecule has 0 saturated carbocycles. The fourth-order valence-electron chi connectivity index (χ4n) is 3.37. The SMILES string of the molecule is CC(C)n1c(=O)ccc2cc(N3CCC(C(=O)O)CC3)ccc21. The topological polar surface area (TPSA) is 62.5 Å². The number of hydrogen-bond donors (Lipinski definition) is 1. The van der Waals surface area contributed by atoms with Gasteiger partial charge in [0.15, 0.2) is 0 Å². The van der Waals surface area contributed by atoms with Gasteiger partial charge in [-0.3, -0.25) is 9.59 Å². The number of rotatable bonds is 3. The third kappa shape index (κ3) is 2.96. The number of carbonyl (C=O) groups is 1. The van der Waals surface area contributed by atoms with Gasteiger partial charge in [-0.05, 0) is 51.0 Å². The predicted octanol–water partition coefficient (Wildman–Crippen LogP) is 2.88. The fraction of sp³-hybridized carbons (Fsp3) is 0.444. The lowest BCUT2D eigenvalue weighted by molar-refractivity contribution is -0.142. The van der Waals surface area contributed by atoms with Crippen LogP contribution < -0.4 is 10.5 Å². The first-order chi connectivity index (χ1) is 11.0.